The van der Waals surface area contributed by atoms with E-state index in [4.69, 9.17) is 15.3 Å². The number of nitrogens with one attached hydrogen (secondary N) is 1. The van der Waals surface area contributed by atoms with Gasteiger partial charge in [0.1, 0.15) is 6.23 Å². The molecule has 4 N–H and O–H groups in total. The smallest absolute Gasteiger partial charge is 0.174 e. The van der Waals surface area contributed by atoms with Gasteiger partial charge < -0.3 is 15.3 Å². The summed E-state index contributed by atoms with van der Waals surface area (Å²) in [5.41, 5.74) is 0.684. The molecule has 76 valence electrons. The SMILES string of the molecule is CC(O)NC1CC=C(C(O)O)CC1. The van der Waals surface area contributed by atoms with Crippen LogP contribution in [0.5, 0.6) is 0 Å². The lowest BCUT2D eigenvalue weighted by molar-refractivity contribution is -0.0120. The molecular formula is C9H17NO3. The Labute approximate surface area is 77.9 Å². The summed E-state index contributed by atoms with van der Waals surface area (Å²) in [6.07, 6.45) is 2.29. The first kappa shape index (κ1) is 10.7. The molecule has 4 nitrogen and oxygen atoms in total. The highest BCUT2D eigenvalue weighted by molar-refractivity contribution is 5.09. The molecule has 0 aromatic rings. The summed E-state index contributed by atoms with van der Waals surface area (Å²) < 4.78 is 0. The maximum Gasteiger partial charge on any atom is 0.174 e. The fraction of sp³-hybridized carbons (Fsp3) is 0.778. The van der Waals surface area contributed by atoms with Gasteiger partial charge in [-0.15, -0.1) is 0 Å². The van der Waals surface area contributed by atoms with E-state index in [9.17, 15) is 0 Å². The second kappa shape index (κ2) is 4.72. The summed E-state index contributed by atoms with van der Waals surface area (Å²) in [5, 5.41) is 29.8. The Morgan fingerprint density at radius 1 is 1.46 bits per heavy atom. The van der Waals surface area contributed by atoms with Crippen LogP contribution in [0, 0.1) is 0 Å². The molecule has 1 aliphatic carbocycles. The normalized spacial score (nSPS) is 25.9. The van der Waals surface area contributed by atoms with Crippen LogP contribution in [0.1, 0.15) is 26.2 Å². The first-order valence-corrected chi connectivity index (χ1v) is 4.58. The van der Waals surface area contributed by atoms with Gasteiger partial charge in [-0.05, 0) is 31.8 Å². The van der Waals surface area contributed by atoms with Crippen molar-refractivity contribution < 1.29 is 15.3 Å². The Hall–Kier alpha value is -0.420. The molecule has 0 fully saturated rings. The first-order valence-electron chi connectivity index (χ1n) is 4.58. The predicted molar refractivity (Wildman–Crippen MR) is 48.8 cm³/mol. The zero-order valence-electron chi connectivity index (χ0n) is 7.77. The van der Waals surface area contributed by atoms with E-state index in [1.165, 1.54) is 0 Å². The summed E-state index contributed by atoms with van der Waals surface area (Å²) in [6.45, 7) is 1.68. The number of hydrogen-bond acceptors (Lipinski definition) is 4. The van der Waals surface area contributed by atoms with Crippen LogP contribution in [0.3, 0.4) is 0 Å². The van der Waals surface area contributed by atoms with Crippen LogP contribution < -0.4 is 5.32 Å². The van der Waals surface area contributed by atoms with E-state index in [1.807, 2.05) is 6.08 Å². The van der Waals surface area contributed by atoms with Gasteiger partial charge in [0.2, 0.25) is 0 Å². The lowest BCUT2D eigenvalue weighted by Gasteiger charge is -2.24. The van der Waals surface area contributed by atoms with Gasteiger partial charge in [-0.1, -0.05) is 6.08 Å². The molecule has 2 unspecified atom stereocenters. The van der Waals surface area contributed by atoms with Crippen LogP contribution >= 0.6 is 0 Å². The average molecular weight is 187 g/mol. The van der Waals surface area contributed by atoms with Crippen molar-refractivity contribution in [3.8, 4) is 0 Å². The molecule has 0 amide bonds. The van der Waals surface area contributed by atoms with Crippen molar-refractivity contribution in [1.82, 2.24) is 5.32 Å². The molecule has 0 heterocycles. The summed E-state index contributed by atoms with van der Waals surface area (Å²) >= 11 is 0. The minimum atomic E-state index is -1.31. The molecule has 0 saturated heterocycles. The van der Waals surface area contributed by atoms with Gasteiger partial charge in [-0.2, -0.15) is 0 Å². The molecule has 0 aromatic heterocycles. The lowest BCUT2D eigenvalue weighted by Crippen LogP contribution is -2.37. The highest BCUT2D eigenvalue weighted by Crippen LogP contribution is 2.20. The third-order valence-corrected chi connectivity index (χ3v) is 2.25. The Morgan fingerprint density at radius 2 is 2.15 bits per heavy atom. The Morgan fingerprint density at radius 3 is 2.54 bits per heavy atom. The fourth-order valence-electron chi connectivity index (χ4n) is 1.58. The molecule has 1 rings (SSSR count). The molecule has 0 spiro atoms. The molecule has 0 aliphatic heterocycles. The van der Waals surface area contributed by atoms with Crippen LogP contribution in [0.15, 0.2) is 11.6 Å². The van der Waals surface area contributed by atoms with E-state index < -0.39 is 12.5 Å². The minimum absolute atomic E-state index is 0.252. The highest BCUT2D eigenvalue weighted by atomic mass is 16.5. The Kier molecular flexibility index (Phi) is 3.87. The maximum atomic E-state index is 9.05. The predicted octanol–water partition coefficient (Wildman–Crippen LogP) is -0.296. The molecule has 2 atom stereocenters. The molecule has 4 heteroatoms. The van der Waals surface area contributed by atoms with Crippen LogP contribution in [0.4, 0.5) is 0 Å². The average Bonchev–Trinajstić information content (AvgIpc) is 2.04. The van der Waals surface area contributed by atoms with Crippen molar-refractivity contribution in [3.63, 3.8) is 0 Å². The topological polar surface area (TPSA) is 72.7 Å². The van der Waals surface area contributed by atoms with E-state index in [0.717, 1.165) is 12.8 Å². The summed E-state index contributed by atoms with van der Waals surface area (Å²) in [7, 11) is 0. The van der Waals surface area contributed by atoms with Crippen molar-refractivity contribution in [2.45, 2.75) is 44.7 Å². The van der Waals surface area contributed by atoms with E-state index in [2.05, 4.69) is 5.32 Å². The fourth-order valence-corrected chi connectivity index (χ4v) is 1.58. The zero-order valence-corrected chi connectivity index (χ0v) is 7.77. The van der Waals surface area contributed by atoms with Crippen LogP contribution in [-0.2, 0) is 0 Å². The van der Waals surface area contributed by atoms with Gasteiger partial charge >= 0.3 is 0 Å². The van der Waals surface area contributed by atoms with E-state index in [1.54, 1.807) is 6.92 Å². The van der Waals surface area contributed by atoms with Crippen LogP contribution in [0.25, 0.3) is 0 Å². The van der Waals surface area contributed by atoms with Gasteiger partial charge in [0.25, 0.3) is 0 Å². The lowest BCUT2D eigenvalue weighted by atomic mass is 9.95. The summed E-state index contributed by atoms with van der Waals surface area (Å²) in [5.74, 6) is 0. The number of rotatable bonds is 3. The van der Waals surface area contributed by atoms with Crippen molar-refractivity contribution in [2.24, 2.45) is 0 Å². The van der Waals surface area contributed by atoms with Crippen molar-refractivity contribution in [3.05, 3.63) is 11.6 Å². The Bertz CT molecular complexity index is 189. The Balaban J connectivity index is 2.37. The monoisotopic (exact) mass is 187 g/mol. The standard InChI is InChI=1S/C9H17NO3/c1-6(11)10-8-4-2-7(3-5-8)9(12)13/h2,6,8-13H,3-5H2,1H3. The van der Waals surface area contributed by atoms with Crippen molar-refractivity contribution in [1.29, 1.82) is 0 Å². The summed E-state index contributed by atoms with van der Waals surface area (Å²) in [6, 6.07) is 0.252. The molecule has 1 aliphatic rings. The minimum Gasteiger partial charge on any atom is -0.379 e. The van der Waals surface area contributed by atoms with Gasteiger partial charge in [0, 0.05) is 6.04 Å². The molecule has 0 saturated carbocycles. The van der Waals surface area contributed by atoms with Gasteiger partial charge in [-0.25, -0.2) is 0 Å². The number of hydrogen-bond donors (Lipinski definition) is 4. The number of aliphatic hydroxyl groups excluding tert-OH is 2. The van der Waals surface area contributed by atoms with Gasteiger partial charge in [0.15, 0.2) is 6.29 Å². The van der Waals surface area contributed by atoms with E-state index in [-0.39, 0.29) is 6.04 Å². The quantitative estimate of drug-likeness (QED) is 0.362. The molecule has 0 radical (unpaired) electrons. The third kappa shape index (κ3) is 3.44. The molecule has 0 bridgehead atoms. The number of aliphatic hydroxyl groups is 3. The summed E-state index contributed by atoms with van der Waals surface area (Å²) in [4.78, 5) is 0. The van der Waals surface area contributed by atoms with Gasteiger partial charge in [-0.3, -0.25) is 5.32 Å². The van der Waals surface area contributed by atoms with E-state index >= 15 is 0 Å². The second-order valence-electron chi connectivity index (χ2n) is 3.47. The van der Waals surface area contributed by atoms with Crippen LogP contribution in [-0.4, -0.2) is 33.9 Å². The van der Waals surface area contributed by atoms with Crippen LogP contribution in [0.2, 0.25) is 0 Å². The van der Waals surface area contributed by atoms with Crippen molar-refractivity contribution in [2.75, 3.05) is 0 Å². The second-order valence-corrected chi connectivity index (χ2v) is 3.47. The molecule has 13 heavy (non-hydrogen) atoms. The molecular weight excluding hydrogens is 170 g/mol. The third-order valence-electron chi connectivity index (χ3n) is 2.25. The highest BCUT2D eigenvalue weighted by Gasteiger charge is 2.17. The first-order chi connectivity index (χ1) is 6.09. The maximum absolute atomic E-state index is 9.05. The van der Waals surface area contributed by atoms with Crippen molar-refractivity contribution >= 4 is 0 Å². The van der Waals surface area contributed by atoms with E-state index in [0.29, 0.717) is 12.0 Å². The molecule has 0 aromatic carbocycles. The zero-order chi connectivity index (χ0) is 9.84. The van der Waals surface area contributed by atoms with Gasteiger partial charge in [0.05, 0.1) is 0 Å². The largest absolute Gasteiger partial charge is 0.379 e.